The Morgan fingerprint density at radius 3 is 2.41 bits per heavy atom. The van der Waals surface area contributed by atoms with Gasteiger partial charge in [0, 0.05) is 48.5 Å². The van der Waals surface area contributed by atoms with Crippen molar-refractivity contribution >= 4 is 23.2 Å². The van der Waals surface area contributed by atoms with Crippen LogP contribution in [0.2, 0.25) is 0 Å². The highest BCUT2D eigenvalue weighted by Gasteiger charge is 2.27. The Kier molecular flexibility index (Phi) is 10.4. The number of aliphatic hydroxyl groups excluding tert-OH is 1. The van der Waals surface area contributed by atoms with Gasteiger partial charge in [0.2, 0.25) is 5.91 Å². The van der Waals surface area contributed by atoms with E-state index in [1.165, 1.54) is 0 Å². The van der Waals surface area contributed by atoms with E-state index in [4.69, 9.17) is 4.74 Å². The second kappa shape index (κ2) is 14.1. The number of hydrogen-bond acceptors (Lipinski definition) is 6. The van der Waals surface area contributed by atoms with Crippen LogP contribution in [0.1, 0.15) is 49.5 Å². The number of nitrogens with one attached hydrogen (secondary N) is 3. The van der Waals surface area contributed by atoms with Gasteiger partial charge in [-0.05, 0) is 69.5 Å². The number of para-hydroxylation sites is 1. The van der Waals surface area contributed by atoms with Crippen molar-refractivity contribution in [1.82, 2.24) is 10.6 Å². The van der Waals surface area contributed by atoms with Crippen molar-refractivity contribution in [2.24, 2.45) is 0 Å². The van der Waals surface area contributed by atoms with Crippen LogP contribution in [0.15, 0.2) is 78.9 Å². The van der Waals surface area contributed by atoms with Crippen LogP contribution in [0, 0.1) is 0 Å². The molecule has 0 bridgehead atoms. The summed E-state index contributed by atoms with van der Waals surface area (Å²) in [6.07, 6.45) is 0.905. The topological polar surface area (TPSA) is 103 Å². The molecule has 1 saturated heterocycles. The van der Waals surface area contributed by atoms with Crippen LogP contribution in [0.4, 0.5) is 11.4 Å². The summed E-state index contributed by atoms with van der Waals surface area (Å²) >= 11 is 0. The normalized spacial score (nSPS) is 14.9. The number of β-amino-alcohol motifs (C(OH)–C–C–N with tert-alkyl or cyclic N) is 1. The van der Waals surface area contributed by atoms with Crippen LogP contribution in [0.5, 0.6) is 5.75 Å². The lowest BCUT2D eigenvalue weighted by atomic mass is 9.99. The fraction of sp³-hybridized carbons (Fsp3) is 0.394. The predicted molar refractivity (Wildman–Crippen MR) is 164 cm³/mol. The Bertz CT molecular complexity index is 1280. The molecule has 1 aliphatic rings. The van der Waals surface area contributed by atoms with Gasteiger partial charge in [0.05, 0.1) is 12.1 Å². The number of anilines is 2. The highest BCUT2D eigenvalue weighted by atomic mass is 16.5. The van der Waals surface area contributed by atoms with E-state index in [1.807, 2.05) is 87.5 Å². The van der Waals surface area contributed by atoms with Crippen LogP contribution in [-0.2, 0) is 11.2 Å². The van der Waals surface area contributed by atoms with Crippen molar-refractivity contribution in [2.75, 3.05) is 36.5 Å². The molecule has 2 atom stereocenters. The SMILES string of the molecule is CCNc1cc(C(=O)N[C@@H](Cc2ccccc2)[C@@H](O)CNC(C)(C)COc2ccccc2)cc(N2CCCC2=O)c1. The molecular formula is C33H42N4O4. The van der Waals surface area contributed by atoms with Gasteiger partial charge in [0.1, 0.15) is 12.4 Å². The Morgan fingerprint density at radius 2 is 1.76 bits per heavy atom. The van der Waals surface area contributed by atoms with Gasteiger partial charge in [-0.3, -0.25) is 9.59 Å². The third-order valence-electron chi connectivity index (χ3n) is 7.16. The molecule has 3 aromatic carbocycles. The highest BCUT2D eigenvalue weighted by Crippen LogP contribution is 2.27. The average molecular weight is 559 g/mol. The number of benzene rings is 3. The smallest absolute Gasteiger partial charge is 0.251 e. The molecule has 0 radical (unpaired) electrons. The number of nitrogens with zero attached hydrogens (tertiary/aromatic N) is 1. The first-order valence-corrected chi connectivity index (χ1v) is 14.4. The average Bonchev–Trinajstić information content (AvgIpc) is 3.41. The van der Waals surface area contributed by atoms with Crippen LogP contribution < -0.4 is 25.6 Å². The van der Waals surface area contributed by atoms with Crippen molar-refractivity contribution in [2.45, 2.75) is 57.7 Å². The van der Waals surface area contributed by atoms with E-state index in [1.54, 1.807) is 17.0 Å². The molecule has 8 heteroatoms. The summed E-state index contributed by atoms with van der Waals surface area (Å²) in [5.41, 5.74) is 2.51. The zero-order valence-electron chi connectivity index (χ0n) is 24.2. The molecule has 0 saturated carbocycles. The zero-order chi connectivity index (χ0) is 29.2. The van der Waals surface area contributed by atoms with E-state index in [0.717, 1.165) is 23.4 Å². The molecule has 0 aromatic heterocycles. The minimum atomic E-state index is -0.869. The summed E-state index contributed by atoms with van der Waals surface area (Å²) in [6, 6.07) is 24.3. The summed E-state index contributed by atoms with van der Waals surface area (Å²) < 4.78 is 5.93. The third-order valence-corrected chi connectivity index (χ3v) is 7.16. The molecule has 1 fully saturated rings. The summed E-state index contributed by atoms with van der Waals surface area (Å²) in [6.45, 7) is 8.01. The molecule has 4 N–H and O–H groups in total. The van der Waals surface area contributed by atoms with Gasteiger partial charge in [-0.1, -0.05) is 48.5 Å². The molecule has 218 valence electrons. The van der Waals surface area contributed by atoms with Crippen LogP contribution in [0.25, 0.3) is 0 Å². The fourth-order valence-electron chi connectivity index (χ4n) is 4.88. The lowest BCUT2D eigenvalue weighted by molar-refractivity contribution is -0.117. The number of rotatable bonds is 14. The second-order valence-corrected chi connectivity index (χ2v) is 11.2. The van der Waals surface area contributed by atoms with Gasteiger partial charge in [0.15, 0.2) is 0 Å². The van der Waals surface area contributed by atoms with E-state index < -0.39 is 17.7 Å². The molecule has 0 spiro atoms. The summed E-state index contributed by atoms with van der Waals surface area (Å²) in [5.74, 6) is 0.545. The maximum atomic E-state index is 13.6. The highest BCUT2D eigenvalue weighted by molar-refractivity contribution is 6.00. The first-order chi connectivity index (χ1) is 19.7. The van der Waals surface area contributed by atoms with E-state index in [-0.39, 0.29) is 18.4 Å². The summed E-state index contributed by atoms with van der Waals surface area (Å²) in [5, 5.41) is 21.1. The largest absolute Gasteiger partial charge is 0.492 e. The van der Waals surface area contributed by atoms with Crippen molar-refractivity contribution in [3.05, 3.63) is 90.0 Å². The van der Waals surface area contributed by atoms with E-state index in [2.05, 4.69) is 16.0 Å². The van der Waals surface area contributed by atoms with Crippen molar-refractivity contribution in [1.29, 1.82) is 0 Å². The number of ether oxygens (including phenoxy) is 1. The molecule has 1 heterocycles. The maximum absolute atomic E-state index is 13.6. The van der Waals surface area contributed by atoms with Crippen LogP contribution in [-0.4, -0.2) is 60.8 Å². The molecule has 41 heavy (non-hydrogen) atoms. The minimum Gasteiger partial charge on any atom is -0.492 e. The Labute approximate surface area is 243 Å². The molecular weight excluding hydrogens is 516 g/mol. The van der Waals surface area contributed by atoms with E-state index in [9.17, 15) is 14.7 Å². The van der Waals surface area contributed by atoms with Crippen molar-refractivity contribution < 1.29 is 19.4 Å². The molecule has 1 aliphatic heterocycles. The predicted octanol–water partition coefficient (Wildman–Crippen LogP) is 4.39. The number of carbonyl (C=O) groups excluding carboxylic acids is 2. The van der Waals surface area contributed by atoms with Gasteiger partial charge < -0.3 is 30.7 Å². The number of aliphatic hydroxyl groups is 1. The minimum absolute atomic E-state index is 0.0623. The maximum Gasteiger partial charge on any atom is 0.251 e. The van der Waals surface area contributed by atoms with Gasteiger partial charge in [-0.25, -0.2) is 0 Å². The van der Waals surface area contributed by atoms with Crippen LogP contribution >= 0.6 is 0 Å². The van der Waals surface area contributed by atoms with Crippen molar-refractivity contribution in [3.63, 3.8) is 0 Å². The first kappa shape index (κ1) is 30.1. The lowest BCUT2D eigenvalue weighted by Crippen LogP contribution is -2.53. The van der Waals surface area contributed by atoms with E-state index >= 15 is 0 Å². The summed E-state index contributed by atoms with van der Waals surface area (Å²) in [4.78, 5) is 27.8. The standard InChI is InChI=1S/C33H42N4O4/c1-4-34-26-19-25(20-27(21-26)37-17-11-16-31(37)39)32(40)36-29(18-24-12-7-5-8-13-24)30(38)22-35-33(2,3)23-41-28-14-9-6-10-15-28/h5-10,12-15,19-21,29-30,34-35,38H,4,11,16-18,22-23H2,1-3H3,(H,36,40)/t29-,30-/m0/s1. The zero-order valence-corrected chi connectivity index (χ0v) is 24.2. The number of carbonyl (C=O) groups is 2. The molecule has 0 aliphatic carbocycles. The third kappa shape index (κ3) is 8.80. The van der Waals surface area contributed by atoms with Crippen LogP contribution in [0.3, 0.4) is 0 Å². The van der Waals surface area contributed by atoms with Gasteiger partial charge in [-0.2, -0.15) is 0 Å². The van der Waals surface area contributed by atoms with Gasteiger partial charge >= 0.3 is 0 Å². The second-order valence-electron chi connectivity index (χ2n) is 11.2. The fourth-order valence-corrected chi connectivity index (χ4v) is 4.88. The first-order valence-electron chi connectivity index (χ1n) is 14.4. The monoisotopic (exact) mass is 558 g/mol. The molecule has 4 rings (SSSR count). The molecule has 8 nitrogen and oxygen atoms in total. The molecule has 0 unspecified atom stereocenters. The Hall–Kier alpha value is -3.88. The quantitative estimate of drug-likeness (QED) is 0.234. The van der Waals surface area contributed by atoms with Gasteiger partial charge in [0.25, 0.3) is 5.91 Å². The Morgan fingerprint density at radius 1 is 1.05 bits per heavy atom. The van der Waals surface area contributed by atoms with Crippen molar-refractivity contribution in [3.8, 4) is 5.75 Å². The Balaban J connectivity index is 1.48. The number of hydrogen-bond donors (Lipinski definition) is 4. The number of amides is 2. The molecule has 2 amide bonds. The van der Waals surface area contributed by atoms with E-state index in [0.29, 0.717) is 43.8 Å². The molecule has 3 aromatic rings. The van der Waals surface area contributed by atoms with Gasteiger partial charge in [-0.15, -0.1) is 0 Å². The lowest BCUT2D eigenvalue weighted by Gasteiger charge is -2.31. The summed E-state index contributed by atoms with van der Waals surface area (Å²) in [7, 11) is 0.